The number of ketones is 1. The first-order chi connectivity index (χ1) is 6.18. The monoisotopic (exact) mass is 276 g/mol. The Balaban J connectivity index is 2.63. The fourth-order valence-corrected chi connectivity index (χ4v) is 3.24. The maximum atomic E-state index is 11.5. The van der Waals surface area contributed by atoms with E-state index in [0.29, 0.717) is 10.8 Å². The van der Waals surface area contributed by atoms with Gasteiger partial charge < -0.3 is 0 Å². The average Bonchev–Trinajstić information content (AvgIpc) is 2.07. The molecule has 1 heterocycles. The Morgan fingerprint density at radius 2 is 2.15 bits per heavy atom. The topological polar surface area (TPSA) is 17.1 Å². The molecule has 1 aliphatic heterocycles. The van der Waals surface area contributed by atoms with E-state index in [1.165, 1.54) is 0 Å². The molecule has 13 heavy (non-hydrogen) atoms. The molecule has 4 heteroatoms. The number of halogens is 2. The van der Waals surface area contributed by atoms with Gasteiger partial charge in [0.1, 0.15) is 0 Å². The second-order valence-corrected chi connectivity index (χ2v) is 5.14. The van der Waals surface area contributed by atoms with Gasteiger partial charge >= 0.3 is 0 Å². The molecule has 0 aliphatic carbocycles. The van der Waals surface area contributed by atoms with Gasteiger partial charge in [0.05, 0.1) is 5.75 Å². The molecule has 0 atom stereocenters. The van der Waals surface area contributed by atoms with Gasteiger partial charge in [-0.15, -0.1) is 11.8 Å². The summed E-state index contributed by atoms with van der Waals surface area (Å²) in [4.78, 5) is 11.5. The number of thioether (sulfide) groups is 1. The molecule has 1 aromatic carbocycles. The van der Waals surface area contributed by atoms with Crippen molar-refractivity contribution in [2.45, 2.75) is 5.75 Å². The molecule has 0 bridgehead atoms. The van der Waals surface area contributed by atoms with Crippen LogP contribution < -0.4 is 0 Å². The van der Waals surface area contributed by atoms with Gasteiger partial charge in [0.25, 0.3) is 0 Å². The van der Waals surface area contributed by atoms with Crippen LogP contribution in [0.15, 0.2) is 16.6 Å². The molecule has 2 rings (SSSR count). The fourth-order valence-electron chi connectivity index (χ4n) is 1.32. The van der Waals surface area contributed by atoms with E-state index in [4.69, 9.17) is 11.6 Å². The highest BCUT2D eigenvalue weighted by atomic mass is 79.9. The minimum atomic E-state index is 0.175. The van der Waals surface area contributed by atoms with Gasteiger partial charge in [0.2, 0.25) is 0 Å². The smallest absolute Gasteiger partial charge is 0.173 e. The number of carbonyl (C=O) groups is 1. The van der Waals surface area contributed by atoms with Crippen molar-refractivity contribution in [2.75, 3.05) is 5.75 Å². The van der Waals surface area contributed by atoms with Crippen LogP contribution in [0.25, 0.3) is 0 Å². The Kier molecular flexibility index (Phi) is 2.67. The number of hydrogen-bond acceptors (Lipinski definition) is 2. The molecule has 0 aromatic heterocycles. The number of carbonyl (C=O) groups excluding carboxylic acids is 1. The van der Waals surface area contributed by atoms with Gasteiger partial charge in [0, 0.05) is 20.8 Å². The Hall–Kier alpha value is 0.01000. The van der Waals surface area contributed by atoms with Crippen molar-refractivity contribution in [1.29, 1.82) is 0 Å². The second kappa shape index (κ2) is 3.64. The molecular weight excluding hydrogens is 272 g/mol. The van der Waals surface area contributed by atoms with Crippen LogP contribution in [0.5, 0.6) is 0 Å². The van der Waals surface area contributed by atoms with E-state index in [0.717, 1.165) is 21.4 Å². The zero-order valence-electron chi connectivity index (χ0n) is 6.64. The van der Waals surface area contributed by atoms with Crippen LogP contribution >= 0.6 is 39.3 Å². The highest BCUT2D eigenvalue weighted by molar-refractivity contribution is 9.10. The summed E-state index contributed by atoms with van der Waals surface area (Å²) < 4.78 is 0.872. The van der Waals surface area contributed by atoms with Gasteiger partial charge in [-0.3, -0.25) is 4.79 Å². The van der Waals surface area contributed by atoms with Crippen molar-refractivity contribution in [1.82, 2.24) is 0 Å². The van der Waals surface area contributed by atoms with Crippen LogP contribution in [0.4, 0.5) is 0 Å². The number of fused-ring (bicyclic) bond motifs is 1. The van der Waals surface area contributed by atoms with Crippen molar-refractivity contribution in [3.8, 4) is 0 Å². The molecule has 0 spiro atoms. The predicted molar refractivity (Wildman–Crippen MR) is 59.6 cm³/mol. The van der Waals surface area contributed by atoms with Crippen LogP contribution in [0.3, 0.4) is 0 Å². The lowest BCUT2D eigenvalue weighted by Gasteiger charge is -2.15. The standard InChI is InChI=1S/C9H6BrClOS/c10-5-1-6-7(8(11)2-5)3-13-4-9(6)12/h1-2H,3-4H2. The summed E-state index contributed by atoms with van der Waals surface area (Å²) in [5.74, 6) is 1.59. The number of rotatable bonds is 0. The highest BCUT2D eigenvalue weighted by Crippen LogP contribution is 2.32. The van der Waals surface area contributed by atoms with Crippen molar-refractivity contribution in [3.63, 3.8) is 0 Å². The summed E-state index contributed by atoms with van der Waals surface area (Å²) in [6.45, 7) is 0. The van der Waals surface area contributed by atoms with Crippen molar-refractivity contribution >= 4 is 45.1 Å². The van der Waals surface area contributed by atoms with Gasteiger partial charge in [-0.25, -0.2) is 0 Å². The Morgan fingerprint density at radius 1 is 1.38 bits per heavy atom. The van der Waals surface area contributed by atoms with Crippen molar-refractivity contribution in [2.24, 2.45) is 0 Å². The van der Waals surface area contributed by atoms with E-state index in [-0.39, 0.29) is 5.78 Å². The summed E-state index contributed by atoms with van der Waals surface area (Å²) in [6, 6.07) is 3.68. The van der Waals surface area contributed by atoms with Crippen molar-refractivity contribution < 1.29 is 4.79 Å². The molecule has 0 saturated carbocycles. The normalized spacial score (nSPS) is 15.7. The van der Waals surface area contributed by atoms with Crippen LogP contribution in [-0.4, -0.2) is 11.5 Å². The predicted octanol–water partition coefficient (Wildman–Crippen LogP) is 3.53. The lowest BCUT2D eigenvalue weighted by atomic mass is 10.1. The number of benzene rings is 1. The van der Waals surface area contributed by atoms with Crippen molar-refractivity contribution in [3.05, 3.63) is 32.8 Å². The molecule has 0 radical (unpaired) electrons. The molecule has 0 saturated heterocycles. The maximum absolute atomic E-state index is 11.5. The Labute approximate surface area is 94.0 Å². The SMILES string of the molecule is O=C1CSCc2c(Cl)cc(Br)cc21. The van der Waals surface area contributed by atoms with Crippen LogP contribution in [0.1, 0.15) is 15.9 Å². The fraction of sp³-hybridized carbons (Fsp3) is 0.222. The highest BCUT2D eigenvalue weighted by Gasteiger charge is 2.20. The largest absolute Gasteiger partial charge is 0.293 e. The van der Waals surface area contributed by atoms with Gasteiger partial charge in [-0.2, -0.15) is 0 Å². The van der Waals surface area contributed by atoms with Gasteiger partial charge in [-0.05, 0) is 17.7 Å². The van der Waals surface area contributed by atoms with Crippen LogP contribution in [-0.2, 0) is 5.75 Å². The van der Waals surface area contributed by atoms with E-state index < -0.39 is 0 Å². The average molecular weight is 278 g/mol. The van der Waals surface area contributed by atoms with E-state index in [2.05, 4.69) is 15.9 Å². The van der Waals surface area contributed by atoms with Gasteiger partial charge in [0.15, 0.2) is 5.78 Å². The molecular formula is C9H6BrClOS. The van der Waals surface area contributed by atoms with E-state index >= 15 is 0 Å². The third-order valence-electron chi connectivity index (χ3n) is 1.94. The first-order valence-corrected chi connectivity index (χ1v) is 6.10. The van der Waals surface area contributed by atoms with Crippen LogP contribution in [0, 0.1) is 0 Å². The summed E-state index contributed by atoms with van der Waals surface area (Å²) in [5.41, 5.74) is 1.75. The summed E-state index contributed by atoms with van der Waals surface area (Å²) in [6.07, 6.45) is 0. The summed E-state index contributed by atoms with van der Waals surface area (Å²) in [7, 11) is 0. The van der Waals surface area contributed by atoms with E-state index in [1.807, 2.05) is 12.1 Å². The Morgan fingerprint density at radius 3 is 2.92 bits per heavy atom. The summed E-state index contributed by atoms with van der Waals surface area (Å²) in [5, 5.41) is 0.685. The number of hydrogen-bond donors (Lipinski definition) is 0. The number of Topliss-reactive ketones (excluding diaryl/α,β-unsaturated/α-hetero) is 1. The zero-order chi connectivity index (χ0) is 9.42. The second-order valence-electron chi connectivity index (χ2n) is 2.83. The first kappa shape index (κ1) is 9.56. The first-order valence-electron chi connectivity index (χ1n) is 3.77. The lowest BCUT2D eigenvalue weighted by Crippen LogP contribution is -2.12. The van der Waals surface area contributed by atoms with Crippen LogP contribution in [0.2, 0.25) is 5.02 Å². The third kappa shape index (κ3) is 1.78. The Bertz CT molecular complexity index is 378. The maximum Gasteiger partial charge on any atom is 0.173 e. The molecule has 0 fully saturated rings. The minimum absolute atomic E-state index is 0.175. The molecule has 1 nitrogen and oxygen atoms in total. The third-order valence-corrected chi connectivity index (χ3v) is 3.69. The molecule has 0 N–H and O–H groups in total. The van der Waals surface area contributed by atoms with Gasteiger partial charge in [-0.1, -0.05) is 27.5 Å². The molecule has 1 aliphatic rings. The van der Waals surface area contributed by atoms with E-state index in [9.17, 15) is 4.79 Å². The summed E-state index contributed by atoms with van der Waals surface area (Å²) >= 11 is 11.0. The molecule has 0 amide bonds. The molecule has 1 aromatic rings. The molecule has 68 valence electrons. The molecule has 0 unspecified atom stereocenters. The zero-order valence-corrected chi connectivity index (χ0v) is 9.80. The van der Waals surface area contributed by atoms with E-state index in [1.54, 1.807) is 11.8 Å². The minimum Gasteiger partial charge on any atom is -0.293 e. The lowest BCUT2D eigenvalue weighted by molar-refractivity contribution is 0.102. The quantitative estimate of drug-likeness (QED) is 0.721.